The second-order valence-corrected chi connectivity index (χ2v) is 11.8. The minimum atomic E-state index is -1.51. The molecule has 2 aliphatic heterocycles. The van der Waals surface area contributed by atoms with Crippen molar-refractivity contribution in [3.05, 3.63) is 132 Å². The summed E-state index contributed by atoms with van der Waals surface area (Å²) in [4.78, 5) is 57.0. The van der Waals surface area contributed by atoms with Gasteiger partial charge in [0.2, 0.25) is 4.84 Å². The molecule has 44 heavy (non-hydrogen) atoms. The van der Waals surface area contributed by atoms with Crippen LogP contribution in [0.2, 0.25) is 0 Å². The molecule has 1 N–H and O–H groups in total. The first-order valence-corrected chi connectivity index (χ1v) is 15.3. The molecule has 3 aromatic rings. The van der Waals surface area contributed by atoms with Gasteiger partial charge < -0.3 is 14.9 Å². The first kappa shape index (κ1) is 31.1. The van der Waals surface area contributed by atoms with Gasteiger partial charge in [0.15, 0.2) is 11.8 Å². The molecule has 9 nitrogen and oxygen atoms in total. The van der Waals surface area contributed by atoms with Gasteiger partial charge in [0.1, 0.15) is 17.1 Å². The number of nitrogens with zero attached hydrogens (tertiary/aromatic N) is 2. The highest BCUT2D eigenvalue weighted by atomic mass is 35.5. The van der Waals surface area contributed by atoms with E-state index in [-0.39, 0.29) is 11.4 Å². The van der Waals surface area contributed by atoms with Crippen molar-refractivity contribution in [2.24, 2.45) is 5.16 Å². The molecule has 5 rings (SSSR count). The van der Waals surface area contributed by atoms with Crippen LogP contribution in [0.3, 0.4) is 0 Å². The molecule has 0 spiro atoms. The van der Waals surface area contributed by atoms with Gasteiger partial charge in [-0.05, 0) is 16.7 Å². The fourth-order valence-electron chi connectivity index (χ4n) is 4.70. The number of ether oxygens (including phenoxy) is 1. The summed E-state index contributed by atoms with van der Waals surface area (Å²) in [6.45, 7) is 3.83. The third kappa shape index (κ3) is 6.57. The number of halogens is 2. The van der Waals surface area contributed by atoms with Crippen molar-refractivity contribution in [1.29, 1.82) is 0 Å². The van der Waals surface area contributed by atoms with E-state index in [1.807, 2.05) is 60.7 Å². The van der Waals surface area contributed by atoms with Gasteiger partial charge in [-0.3, -0.25) is 14.5 Å². The van der Waals surface area contributed by atoms with Gasteiger partial charge in [-0.2, -0.15) is 0 Å². The molecule has 0 unspecified atom stereocenters. The highest BCUT2D eigenvalue weighted by molar-refractivity contribution is 8.00. The Balaban J connectivity index is 1.37. The van der Waals surface area contributed by atoms with E-state index in [1.165, 1.54) is 22.7 Å². The lowest BCUT2D eigenvalue weighted by molar-refractivity contribution is -0.154. The van der Waals surface area contributed by atoms with Crippen LogP contribution >= 0.6 is 35.0 Å². The highest BCUT2D eigenvalue weighted by Gasteiger charge is 2.54. The Hall–Kier alpha value is -4.38. The highest BCUT2D eigenvalue weighted by Crippen LogP contribution is 2.42. The molecule has 0 saturated carbocycles. The van der Waals surface area contributed by atoms with Crippen molar-refractivity contribution < 1.29 is 28.8 Å². The van der Waals surface area contributed by atoms with Crippen molar-refractivity contribution in [2.45, 2.75) is 22.4 Å². The predicted octanol–water partition coefficient (Wildman–Crippen LogP) is 4.91. The normalized spacial score (nSPS) is 18.0. The van der Waals surface area contributed by atoms with Crippen LogP contribution in [-0.4, -0.2) is 56.4 Å². The van der Waals surface area contributed by atoms with Crippen LogP contribution in [0.15, 0.2) is 120 Å². The lowest BCUT2D eigenvalue weighted by Crippen LogP contribution is -2.71. The summed E-state index contributed by atoms with van der Waals surface area (Å²) < 4.78 is 6.06. The maximum absolute atomic E-state index is 13.8. The number of carbonyl (C=O) groups excluding carboxylic acids is 4. The summed E-state index contributed by atoms with van der Waals surface area (Å²) >= 11 is 12.4. The molecule has 0 aliphatic carbocycles. The number of carbonyl (C=O) groups is 4. The van der Waals surface area contributed by atoms with E-state index in [9.17, 15) is 19.2 Å². The average Bonchev–Trinajstić information content (AvgIpc) is 3.06. The third-order valence-electron chi connectivity index (χ3n) is 6.82. The molecule has 0 radical (unpaired) electrons. The minimum absolute atomic E-state index is 0.0669. The second kappa shape index (κ2) is 13.9. The average molecular weight is 651 g/mol. The summed E-state index contributed by atoms with van der Waals surface area (Å²) in [5, 5.41) is 5.72. The fourth-order valence-corrected chi connectivity index (χ4v) is 6.12. The molecule has 2 aliphatic rings. The van der Waals surface area contributed by atoms with E-state index in [2.05, 4.69) is 17.1 Å². The summed E-state index contributed by atoms with van der Waals surface area (Å²) in [7, 11) is 0. The molecule has 0 bridgehead atoms. The van der Waals surface area contributed by atoms with Crippen LogP contribution in [0.25, 0.3) is 0 Å². The number of hydrogen-bond donors (Lipinski definition) is 1. The van der Waals surface area contributed by atoms with Gasteiger partial charge in [-0.25, -0.2) is 9.59 Å². The van der Waals surface area contributed by atoms with Crippen molar-refractivity contribution in [1.82, 2.24) is 10.2 Å². The van der Waals surface area contributed by atoms with Crippen LogP contribution in [0, 0.1) is 0 Å². The molecule has 1 fully saturated rings. The Labute approximate surface area is 267 Å². The van der Waals surface area contributed by atoms with Crippen molar-refractivity contribution in [2.75, 3.05) is 5.75 Å². The molecular formula is C32H25Cl2N3O6S. The molecule has 2 heterocycles. The zero-order chi connectivity index (χ0) is 31.2. The van der Waals surface area contributed by atoms with Crippen LogP contribution in [0.4, 0.5) is 0 Å². The maximum atomic E-state index is 13.8. The van der Waals surface area contributed by atoms with Gasteiger partial charge in [0.25, 0.3) is 11.8 Å². The number of esters is 1. The SMILES string of the molecule is C=CC1=C(C(=O)OC(c2ccccc2)c2ccccc2)N2C(=O)[C@@H](NC(=O)/C(=N/OC(=O)C(Cl)Cl)c3ccccc3)[C@H]2SC1. The van der Waals surface area contributed by atoms with Crippen LogP contribution in [0.1, 0.15) is 22.8 Å². The molecule has 0 aromatic heterocycles. The summed E-state index contributed by atoms with van der Waals surface area (Å²) in [6.07, 6.45) is 0.797. The third-order valence-corrected chi connectivity index (χ3v) is 8.48. The molecule has 3 aromatic carbocycles. The van der Waals surface area contributed by atoms with Crippen LogP contribution in [-0.2, 0) is 28.8 Å². The van der Waals surface area contributed by atoms with E-state index in [0.717, 1.165) is 11.1 Å². The number of fused-ring (bicyclic) bond motifs is 1. The van der Waals surface area contributed by atoms with Gasteiger partial charge in [-0.1, -0.05) is 132 Å². The number of allylic oxidation sites excluding steroid dienone is 1. The Kier molecular flexibility index (Phi) is 9.84. The number of alkyl halides is 2. The van der Waals surface area contributed by atoms with E-state index >= 15 is 0 Å². The van der Waals surface area contributed by atoms with E-state index < -0.39 is 46.1 Å². The summed E-state index contributed by atoms with van der Waals surface area (Å²) in [5.41, 5.74) is 2.18. The zero-order valence-corrected chi connectivity index (χ0v) is 25.3. The number of amides is 2. The Morgan fingerprint density at radius 3 is 2.07 bits per heavy atom. The predicted molar refractivity (Wildman–Crippen MR) is 168 cm³/mol. The van der Waals surface area contributed by atoms with Crippen LogP contribution in [0.5, 0.6) is 0 Å². The largest absolute Gasteiger partial charge is 0.448 e. The van der Waals surface area contributed by atoms with Crippen LogP contribution < -0.4 is 5.32 Å². The number of oxime groups is 1. The monoisotopic (exact) mass is 649 g/mol. The van der Waals surface area contributed by atoms with E-state index in [4.69, 9.17) is 32.8 Å². The first-order chi connectivity index (χ1) is 21.3. The smallest absolute Gasteiger partial charge is 0.367 e. The number of thioether (sulfide) groups is 1. The van der Waals surface area contributed by atoms with E-state index in [1.54, 1.807) is 30.3 Å². The molecule has 2 amide bonds. The number of nitrogens with one attached hydrogen (secondary N) is 1. The quantitative estimate of drug-likeness (QED) is 0.0829. The van der Waals surface area contributed by atoms with Crippen molar-refractivity contribution in [3.8, 4) is 0 Å². The molecule has 224 valence electrons. The first-order valence-electron chi connectivity index (χ1n) is 13.3. The Bertz CT molecular complexity index is 1590. The number of hydrogen-bond acceptors (Lipinski definition) is 8. The molecule has 2 atom stereocenters. The van der Waals surface area contributed by atoms with Gasteiger partial charge >= 0.3 is 11.9 Å². The Morgan fingerprint density at radius 1 is 0.955 bits per heavy atom. The number of rotatable bonds is 10. The zero-order valence-electron chi connectivity index (χ0n) is 23.0. The summed E-state index contributed by atoms with van der Waals surface area (Å²) in [5.74, 6) is -2.72. The van der Waals surface area contributed by atoms with Crippen molar-refractivity contribution >= 4 is 64.4 Å². The Morgan fingerprint density at radius 2 is 1.52 bits per heavy atom. The van der Waals surface area contributed by atoms with Gasteiger partial charge in [0, 0.05) is 11.3 Å². The molecule has 1 saturated heterocycles. The lowest BCUT2D eigenvalue weighted by atomic mass is 10.00. The molecule has 12 heteroatoms. The topological polar surface area (TPSA) is 114 Å². The van der Waals surface area contributed by atoms with Crippen molar-refractivity contribution in [3.63, 3.8) is 0 Å². The summed E-state index contributed by atoms with van der Waals surface area (Å²) in [6, 6.07) is 25.8. The molecular weight excluding hydrogens is 625 g/mol. The minimum Gasteiger partial charge on any atom is -0.448 e. The fraction of sp³-hybridized carbons (Fsp3) is 0.156. The lowest BCUT2D eigenvalue weighted by Gasteiger charge is -2.49. The number of benzene rings is 3. The number of β-lactam (4-membered cyclic amide) rings is 1. The second-order valence-electron chi connectivity index (χ2n) is 9.56. The maximum Gasteiger partial charge on any atom is 0.367 e. The standard InChI is InChI=1S/C32H25Cl2N3O6S/c1-2-19-18-44-30-24(35-28(38)23(20-12-6-3-7-13-20)36-43-32(41)27(33)34)29(39)37(30)25(19)31(40)42-26(21-14-8-4-9-15-21)22-16-10-5-11-17-22/h2-17,24,26-27,30H,1,18H2,(H,35,38)/b36-23+/t24-,30-/m1/s1. The van der Waals surface area contributed by atoms with E-state index in [0.29, 0.717) is 16.9 Å². The van der Waals surface area contributed by atoms with Gasteiger partial charge in [-0.15, -0.1) is 11.8 Å². The van der Waals surface area contributed by atoms with Gasteiger partial charge in [0.05, 0.1) is 0 Å².